The van der Waals surface area contributed by atoms with Crippen LogP contribution >= 0.6 is 0 Å². The minimum Gasteiger partial charge on any atom is -0.376 e. The van der Waals surface area contributed by atoms with Crippen LogP contribution in [0.2, 0.25) is 0 Å². The lowest BCUT2D eigenvalue weighted by atomic mass is 9.65. The maximum absolute atomic E-state index is 12.6. The van der Waals surface area contributed by atoms with Gasteiger partial charge in [0.2, 0.25) is 5.91 Å². The molecule has 1 aromatic carbocycles. The zero-order valence-electron chi connectivity index (χ0n) is 14.0. The fraction of sp³-hybridized carbons (Fsp3) is 0.316. The van der Waals surface area contributed by atoms with E-state index in [1.165, 1.54) is 6.07 Å². The van der Waals surface area contributed by atoms with Gasteiger partial charge in [0.05, 0.1) is 16.0 Å². The first kappa shape index (κ1) is 15.6. The highest BCUT2D eigenvalue weighted by molar-refractivity contribution is 6.10. The van der Waals surface area contributed by atoms with E-state index in [4.69, 9.17) is 0 Å². The molecule has 0 bridgehead atoms. The van der Waals surface area contributed by atoms with E-state index >= 15 is 0 Å². The molecule has 1 N–H and O–H groups in total. The number of carbonyl (C=O) groups excluding carboxylic acids is 1. The third-order valence-corrected chi connectivity index (χ3v) is 5.50. The lowest BCUT2D eigenvalue weighted by molar-refractivity contribution is -0.385. The monoisotopic (exact) mass is 337 g/mol. The number of hydrogen-bond acceptors (Lipinski definition) is 4. The largest absolute Gasteiger partial charge is 0.376 e. The number of nitrogens with zero attached hydrogens (tertiary/aromatic N) is 2. The van der Waals surface area contributed by atoms with Crippen LogP contribution in [0.3, 0.4) is 0 Å². The summed E-state index contributed by atoms with van der Waals surface area (Å²) in [5, 5.41) is 14.4. The number of hydrogen-bond donors (Lipinski definition) is 1. The van der Waals surface area contributed by atoms with Crippen LogP contribution in [0.1, 0.15) is 30.4 Å². The highest BCUT2D eigenvalue weighted by Crippen LogP contribution is 2.54. The first-order valence-electron chi connectivity index (χ1n) is 8.34. The summed E-state index contributed by atoms with van der Waals surface area (Å²) >= 11 is 0. The molecule has 0 aromatic heterocycles. The number of amides is 1. The van der Waals surface area contributed by atoms with Gasteiger partial charge in [-0.05, 0) is 41.8 Å². The summed E-state index contributed by atoms with van der Waals surface area (Å²) in [7, 11) is 1.96. The average Bonchev–Trinajstić information content (AvgIpc) is 2.85. The van der Waals surface area contributed by atoms with Gasteiger partial charge < -0.3 is 10.2 Å². The van der Waals surface area contributed by atoms with Crippen molar-refractivity contribution in [2.24, 2.45) is 0 Å². The second kappa shape index (κ2) is 5.31. The molecule has 1 aliphatic carbocycles. The molecule has 25 heavy (non-hydrogen) atoms. The molecule has 2 aliphatic heterocycles. The predicted molar refractivity (Wildman–Crippen MR) is 96.1 cm³/mol. The Morgan fingerprint density at radius 2 is 2.16 bits per heavy atom. The smallest absolute Gasteiger partial charge is 0.270 e. The van der Waals surface area contributed by atoms with Crippen LogP contribution in [0.25, 0.3) is 5.57 Å². The number of non-ortho nitro benzene ring substituents is 1. The predicted octanol–water partition coefficient (Wildman–Crippen LogP) is 3.37. The molecule has 0 atom stereocenters. The fourth-order valence-corrected chi connectivity index (χ4v) is 3.91. The van der Waals surface area contributed by atoms with Crippen molar-refractivity contribution in [2.45, 2.75) is 24.7 Å². The van der Waals surface area contributed by atoms with Crippen LogP contribution in [0.5, 0.6) is 0 Å². The summed E-state index contributed by atoms with van der Waals surface area (Å²) in [6, 6.07) is 3.09. The van der Waals surface area contributed by atoms with Crippen LogP contribution in [0, 0.1) is 10.1 Å². The molecular weight excluding hydrogens is 318 g/mol. The van der Waals surface area contributed by atoms with Gasteiger partial charge in [-0.2, -0.15) is 0 Å². The van der Waals surface area contributed by atoms with Crippen molar-refractivity contribution >= 4 is 22.9 Å². The van der Waals surface area contributed by atoms with Gasteiger partial charge >= 0.3 is 0 Å². The zero-order chi connectivity index (χ0) is 17.8. The summed E-state index contributed by atoms with van der Waals surface area (Å²) in [5.74, 6) is -0.0436. The highest BCUT2D eigenvalue weighted by Gasteiger charge is 2.52. The van der Waals surface area contributed by atoms with Crippen LogP contribution in [0.15, 0.2) is 42.6 Å². The molecule has 6 heteroatoms. The van der Waals surface area contributed by atoms with E-state index in [1.54, 1.807) is 6.07 Å². The Labute approximate surface area is 145 Å². The van der Waals surface area contributed by atoms with Crippen molar-refractivity contribution in [2.75, 3.05) is 18.9 Å². The molecule has 6 nitrogen and oxygen atoms in total. The fourth-order valence-electron chi connectivity index (χ4n) is 3.91. The van der Waals surface area contributed by atoms with Gasteiger partial charge in [0.1, 0.15) is 0 Å². The Morgan fingerprint density at radius 3 is 2.76 bits per heavy atom. The average molecular weight is 337 g/mol. The molecule has 1 spiro atoms. The first-order chi connectivity index (χ1) is 11.9. The quantitative estimate of drug-likeness (QED) is 0.678. The second-order valence-corrected chi connectivity index (χ2v) is 6.99. The number of fused-ring (bicyclic) bond motifs is 2. The van der Waals surface area contributed by atoms with E-state index in [2.05, 4.69) is 11.9 Å². The lowest BCUT2D eigenvalue weighted by Crippen LogP contribution is -2.40. The Kier molecular flexibility index (Phi) is 3.32. The lowest BCUT2D eigenvalue weighted by Gasteiger charge is -2.36. The van der Waals surface area contributed by atoms with Crippen molar-refractivity contribution in [3.05, 3.63) is 63.9 Å². The summed E-state index contributed by atoms with van der Waals surface area (Å²) in [5.41, 5.74) is 3.22. The molecule has 0 saturated heterocycles. The van der Waals surface area contributed by atoms with Gasteiger partial charge in [-0.3, -0.25) is 14.9 Å². The standard InChI is InChI=1S/C19H19N3O3/c1-12(13-5-3-8-21(2)11-13)15-9-14(22(24)25)10-16-17(15)20-18(23)19(16)6-4-7-19/h3,5,8-10H,1,4,6-7,11H2,2H3,(H,20,23). The molecule has 4 rings (SSSR count). The van der Waals surface area contributed by atoms with Crippen LogP contribution in [-0.4, -0.2) is 29.3 Å². The van der Waals surface area contributed by atoms with Crippen molar-refractivity contribution < 1.29 is 9.72 Å². The number of nitrogens with one attached hydrogen (secondary N) is 1. The van der Waals surface area contributed by atoms with E-state index in [0.717, 1.165) is 30.4 Å². The van der Waals surface area contributed by atoms with E-state index < -0.39 is 10.3 Å². The van der Waals surface area contributed by atoms with Gasteiger partial charge in [0, 0.05) is 31.3 Å². The molecule has 1 aromatic rings. The Hall–Kier alpha value is -2.89. The number of allylic oxidation sites excluding steroid dienone is 2. The van der Waals surface area contributed by atoms with Crippen LogP contribution < -0.4 is 5.32 Å². The Bertz CT molecular complexity index is 878. The van der Waals surface area contributed by atoms with Crippen LogP contribution in [0.4, 0.5) is 11.4 Å². The zero-order valence-corrected chi connectivity index (χ0v) is 14.0. The van der Waals surface area contributed by atoms with Crippen molar-refractivity contribution in [3.63, 3.8) is 0 Å². The summed E-state index contributed by atoms with van der Waals surface area (Å²) in [4.78, 5) is 25.6. The third-order valence-electron chi connectivity index (χ3n) is 5.50. The summed E-state index contributed by atoms with van der Waals surface area (Å²) in [6.45, 7) is 4.85. The highest BCUT2D eigenvalue weighted by atomic mass is 16.6. The Morgan fingerprint density at radius 1 is 1.40 bits per heavy atom. The molecule has 0 unspecified atom stereocenters. The maximum Gasteiger partial charge on any atom is 0.270 e. The number of anilines is 1. The summed E-state index contributed by atoms with van der Waals surface area (Å²) in [6.07, 6.45) is 8.30. The van der Waals surface area contributed by atoms with E-state index in [9.17, 15) is 14.9 Å². The van der Waals surface area contributed by atoms with Crippen molar-refractivity contribution in [1.82, 2.24) is 4.90 Å². The third kappa shape index (κ3) is 2.21. The van der Waals surface area contributed by atoms with E-state index in [1.807, 2.05) is 30.3 Å². The van der Waals surface area contributed by atoms with Gasteiger partial charge in [0.25, 0.3) is 5.69 Å². The Balaban J connectivity index is 1.86. The van der Waals surface area contributed by atoms with Gasteiger partial charge in [0.15, 0.2) is 0 Å². The number of likely N-dealkylation sites (N-methyl/N-ethyl adjacent to an activating group) is 1. The number of carbonyl (C=O) groups is 1. The molecule has 128 valence electrons. The SMILES string of the molecule is C=C(C1=CC=CN(C)C1)c1cc([N+](=O)[O-])cc2c1NC(=O)C21CCC1. The topological polar surface area (TPSA) is 75.5 Å². The normalized spacial score (nSPS) is 20.0. The first-order valence-corrected chi connectivity index (χ1v) is 8.34. The number of nitro groups is 1. The van der Waals surface area contributed by atoms with Crippen molar-refractivity contribution in [3.8, 4) is 0 Å². The van der Waals surface area contributed by atoms with Gasteiger partial charge in [-0.1, -0.05) is 19.1 Å². The van der Waals surface area contributed by atoms with Crippen LogP contribution in [-0.2, 0) is 10.2 Å². The van der Waals surface area contributed by atoms with Gasteiger partial charge in [-0.15, -0.1) is 0 Å². The number of rotatable bonds is 3. The molecule has 0 radical (unpaired) electrons. The number of benzene rings is 1. The van der Waals surface area contributed by atoms with Crippen molar-refractivity contribution in [1.29, 1.82) is 0 Å². The van der Waals surface area contributed by atoms with E-state index in [0.29, 0.717) is 23.4 Å². The van der Waals surface area contributed by atoms with Gasteiger partial charge in [-0.25, -0.2) is 0 Å². The minimum atomic E-state index is -0.589. The molecule has 1 amide bonds. The minimum absolute atomic E-state index is 0.0120. The molecule has 1 fully saturated rings. The summed E-state index contributed by atoms with van der Waals surface area (Å²) < 4.78 is 0. The van der Waals surface area contributed by atoms with E-state index in [-0.39, 0.29) is 11.6 Å². The number of nitro benzene ring substituents is 1. The second-order valence-electron chi connectivity index (χ2n) is 6.99. The molecule has 1 saturated carbocycles. The molecule has 3 aliphatic rings. The molecular formula is C19H19N3O3. The molecule has 2 heterocycles. The maximum atomic E-state index is 12.6.